The largest absolute Gasteiger partial charge is 0.352 e. The second kappa shape index (κ2) is 7.43. The lowest BCUT2D eigenvalue weighted by atomic mass is 9.86. The van der Waals surface area contributed by atoms with Crippen LogP contribution < -0.4 is 5.32 Å². The fourth-order valence-corrected chi connectivity index (χ4v) is 5.20. The predicted octanol–water partition coefficient (Wildman–Crippen LogP) is 2.42. The number of hydroxylamine groups is 1. The number of hydrogen-bond donors (Lipinski definition) is 1. The Labute approximate surface area is 149 Å². The zero-order chi connectivity index (χ0) is 18.0. The van der Waals surface area contributed by atoms with Gasteiger partial charge in [-0.3, -0.25) is 9.63 Å². The molecule has 1 N–H and O–H groups in total. The summed E-state index contributed by atoms with van der Waals surface area (Å²) in [7, 11) is -1.07. The van der Waals surface area contributed by atoms with Crippen molar-refractivity contribution in [3.63, 3.8) is 0 Å². The lowest BCUT2D eigenvalue weighted by molar-refractivity contribution is -0.0258. The van der Waals surface area contributed by atoms with E-state index in [4.69, 9.17) is 4.84 Å². The molecule has 3 atom stereocenters. The molecule has 0 saturated heterocycles. The van der Waals surface area contributed by atoms with Crippen LogP contribution in [-0.4, -0.2) is 39.5 Å². The van der Waals surface area contributed by atoms with E-state index < -0.39 is 10.0 Å². The maximum absolute atomic E-state index is 12.2. The van der Waals surface area contributed by atoms with Gasteiger partial charge < -0.3 is 5.32 Å². The molecule has 2 aliphatic rings. The van der Waals surface area contributed by atoms with Crippen LogP contribution in [-0.2, 0) is 14.9 Å². The van der Waals surface area contributed by atoms with Gasteiger partial charge in [0.05, 0.1) is 12.0 Å². The molecule has 3 rings (SSSR count). The third-order valence-electron chi connectivity index (χ3n) is 5.70. The van der Waals surface area contributed by atoms with Crippen LogP contribution >= 0.6 is 0 Å². The number of nitrogens with zero attached hydrogens (tertiary/aromatic N) is 1. The number of carbonyl (C=O) groups is 1. The molecule has 0 aliphatic heterocycles. The van der Waals surface area contributed by atoms with Crippen LogP contribution in [0.3, 0.4) is 0 Å². The Kier molecular flexibility index (Phi) is 5.46. The van der Waals surface area contributed by atoms with Crippen molar-refractivity contribution in [2.24, 2.45) is 17.8 Å². The second-order valence-corrected chi connectivity index (χ2v) is 9.04. The molecule has 138 valence electrons. The number of amides is 1. The highest BCUT2D eigenvalue weighted by Gasteiger charge is 2.38. The number of carbonyl (C=O) groups excluding carboxylic acids is 1. The van der Waals surface area contributed by atoms with Crippen LogP contribution in [0.25, 0.3) is 0 Å². The van der Waals surface area contributed by atoms with Gasteiger partial charge >= 0.3 is 0 Å². The van der Waals surface area contributed by atoms with Gasteiger partial charge in [0.1, 0.15) is 0 Å². The van der Waals surface area contributed by atoms with Crippen LogP contribution in [0.2, 0.25) is 0 Å². The van der Waals surface area contributed by atoms with Crippen LogP contribution in [0.15, 0.2) is 29.2 Å². The Hall–Kier alpha value is -1.44. The van der Waals surface area contributed by atoms with E-state index >= 15 is 0 Å². The Morgan fingerprint density at radius 3 is 2.52 bits per heavy atom. The second-order valence-electron chi connectivity index (χ2n) is 7.10. The van der Waals surface area contributed by atoms with E-state index in [1.165, 1.54) is 64.1 Å². The zero-order valence-electron chi connectivity index (χ0n) is 14.8. The topological polar surface area (TPSA) is 75.7 Å². The molecule has 2 aliphatic carbocycles. The normalized spacial score (nSPS) is 25.5. The van der Waals surface area contributed by atoms with Crippen molar-refractivity contribution >= 4 is 15.9 Å². The molecule has 3 unspecified atom stereocenters. The van der Waals surface area contributed by atoms with Gasteiger partial charge in [0.25, 0.3) is 15.9 Å². The molecule has 0 spiro atoms. The number of nitrogens with one attached hydrogen (secondary N) is 1. The molecule has 2 saturated carbocycles. The molecular weight excluding hydrogens is 340 g/mol. The van der Waals surface area contributed by atoms with Crippen LogP contribution in [0.5, 0.6) is 0 Å². The minimum Gasteiger partial charge on any atom is -0.352 e. The first-order chi connectivity index (χ1) is 11.9. The summed E-state index contributed by atoms with van der Waals surface area (Å²) in [6, 6.07) is 5.91. The van der Waals surface area contributed by atoms with Gasteiger partial charge in [0.15, 0.2) is 0 Å². The number of rotatable bonds is 7. The minimum atomic E-state index is -3.69. The molecular formula is C18H26N2O4S. The van der Waals surface area contributed by atoms with Gasteiger partial charge in [0, 0.05) is 19.2 Å². The number of hydrogen-bond acceptors (Lipinski definition) is 4. The Morgan fingerprint density at radius 2 is 1.96 bits per heavy atom. The summed E-state index contributed by atoms with van der Waals surface area (Å²) in [5.74, 6) is 2.39. The van der Waals surface area contributed by atoms with Crippen molar-refractivity contribution in [1.82, 2.24) is 9.79 Å². The van der Waals surface area contributed by atoms with Crippen LogP contribution in [0, 0.1) is 17.8 Å². The monoisotopic (exact) mass is 366 g/mol. The van der Waals surface area contributed by atoms with Crippen molar-refractivity contribution in [3.05, 3.63) is 29.8 Å². The standard InChI is InChI=1S/C18H26N2O4S/c1-20(24-2)25(22,23)17-7-5-14(6-8-17)18(21)19-10-9-16-12-13-3-4-15(16)11-13/h5-8,13,15-16H,3-4,9-12H2,1-2H3,(H,19,21). The Morgan fingerprint density at radius 1 is 1.24 bits per heavy atom. The first-order valence-electron chi connectivity index (χ1n) is 8.83. The Balaban J connectivity index is 1.52. The third kappa shape index (κ3) is 3.88. The highest BCUT2D eigenvalue weighted by molar-refractivity contribution is 7.89. The number of sulfonamides is 1. The average Bonchev–Trinajstić information content (AvgIpc) is 3.24. The maximum Gasteiger partial charge on any atom is 0.264 e. The molecule has 25 heavy (non-hydrogen) atoms. The summed E-state index contributed by atoms with van der Waals surface area (Å²) in [5.41, 5.74) is 0.465. The molecule has 1 aromatic rings. The molecule has 2 fully saturated rings. The highest BCUT2D eigenvalue weighted by atomic mass is 32.2. The molecule has 1 aromatic carbocycles. The van der Waals surface area contributed by atoms with E-state index in [1.54, 1.807) is 0 Å². The Bertz CT molecular complexity index is 717. The average molecular weight is 366 g/mol. The number of fused-ring (bicyclic) bond motifs is 2. The summed E-state index contributed by atoms with van der Waals surface area (Å²) in [6.07, 6.45) is 6.48. The van der Waals surface area contributed by atoms with Crippen molar-refractivity contribution in [2.45, 2.75) is 37.0 Å². The maximum atomic E-state index is 12.2. The van der Waals surface area contributed by atoms with Crippen molar-refractivity contribution in [2.75, 3.05) is 20.7 Å². The SMILES string of the molecule is CON(C)S(=O)(=O)c1ccc(C(=O)NCCC2CC3CCC2C3)cc1. The van der Waals surface area contributed by atoms with Crippen molar-refractivity contribution in [3.8, 4) is 0 Å². The van der Waals surface area contributed by atoms with E-state index in [0.29, 0.717) is 12.1 Å². The highest BCUT2D eigenvalue weighted by Crippen LogP contribution is 2.49. The molecule has 2 bridgehead atoms. The van der Waals surface area contributed by atoms with Crippen LogP contribution in [0.1, 0.15) is 42.5 Å². The van der Waals surface area contributed by atoms with Gasteiger partial charge in [-0.15, -0.1) is 0 Å². The molecule has 0 aromatic heterocycles. The van der Waals surface area contributed by atoms with E-state index in [1.807, 2.05) is 0 Å². The summed E-state index contributed by atoms with van der Waals surface area (Å²) in [6.45, 7) is 0.680. The fraction of sp³-hybridized carbons (Fsp3) is 0.611. The van der Waals surface area contributed by atoms with Gasteiger partial charge in [-0.25, -0.2) is 8.42 Å². The van der Waals surface area contributed by atoms with Crippen molar-refractivity contribution < 1.29 is 18.0 Å². The van der Waals surface area contributed by atoms with E-state index in [0.717, 1.165) is 28.6 Å². The fourth-order valence-electron chi connectivity index (χ4n) is 4.23. The molecule has 0 radical (unpaired) electrons. The van der Waals surface area contributed by atoms with Gasteiger partial charge in [-0.05, 0) is 67.7 Å². The van der Waals surface area contributed by atoms with E-state index in [2.05, 4.69) is 5.32 Å². The smallest absolute Gasteiger partial charge is 0.264 e. The minimum absolute atomic E-state index is 0.0929. The summed E-state index contributed by atoms with van der Waals surface area (Å²) in [5, 5.41) is 2.95. The lowest BCUT2D eigenvalue weighted by Gasteiger charge is -2.21. The van der Waals surface area contributed by atoms with Crippen LogP contribution in [0.4, 0.5) is 0 Å². The third-order valence-corrected chi connectivity index (χ3v) is 7.39. The summed E-state index contributed by atoms with van der Waals surface area (Å²) in [4.78, 5) is 17.1. The first kappa shape index (κ1) is 18.4. The summed E-state index contributed by atoms with van der Waals surface area (Å²) >= 11 is 0. The van der Waals surface area contributed by atoms with E-state index in [9.17, 15) is 13.2 Å². The first-order valence-corrected chi connectivity index (χ1v) is 10.3. The molecule has 7 heteroatoms. The van der Waals surface area contributed by atoms with Gasteiger partial charge in [-0.2, -0.15) is 0 Å². The van der Waals surface area contributed by atoms with Gasteiger partial charge in [0.2, 0.25) is 0 Å². The zero-order valence-corrected chi connectivity index (χ0v) is 15.6. The molecule has 6 nitrogen and oxygen atoms in total. The van der Waals surface area contributed by atoms with Gasteiger partial charge in [-0.1, -0.05) is 10.9 Å². The lowest BCUT2D eigenvalue weighted by Crippen LogP contribution is -2.27. The number of benzene rings is 1. The molecule has 1 amide bonds. The predicted molar refractivity (Wildman–Crippen MR) is 94.3 cm³/mol. The van der Waals surface area contributed by atoms with Crippen molar-refractivity contribution in [1.29, 1.82) is 0 Å². The summed E-state index contributed by atoms with van der Waals surface area (Å²) < 4.78 is 25.0. The van der Waals surface area contributed by atoms with E-state index in [-0.39, 0.29) is 10.8 Å². The molecule has 0 heterocycles. The quantitative estimate of drug-likeness (QED) is 0.752.